The minimum atomic E-state index is -4.64. The largest absolute Gasteiger partial charge is 0.756 e. The van der Waals surface area contributed by atoms with Crippen molar-refractivity contribution in [3.63, 3.8) is 0 Å². The van der Waals surface area contributed by atoms with E-state index < -0.39 is 26.5 Å². The minimum absolute atomic E-state index is 0.0313. The maximum Gasteiger partial charge on any atom is 0.306 e. The summed E-state index contributed by atoms with van der Waals surface area (Å²) in [5.41, 5.74) is 0. The van der Waals surface area contributed by atoms with Gasteiger partial charge in [-0.05, 0) is 83.5 Å². The third-order valence-electron chi connectivity index (χ3n) is 14.7. The standard InChI is InChI=1S/C70H128NO8P/c1-6-8-10-12-14-16-18-20-22-24-26-28-30-32-33-34-35-36-37-39-41-43-45-47-49-51-53-55-57-59-61-63-70(73)79-68(67-78-80(74,75)77-65-64-71(3,4)5)66-76-69(72)62-60-58-56-54-52-50-48-46-44-42-40-38-31-29-27-25-23-21-19-17-15-13-11-9-7-2/h8,10,14,16,20,22,25-28,32-33,68H,6-7,9,11-13,15,17-19,21,23-24,29-31,34-67H2,1-5H3/b10-8-,16-14-,22-20-,27-25-,28-26-,33-32-. The van der Waals surface area contributed by atoms with Gasteiger partial charge in [0.05, 0.1) is 27.7 Å². The van der Waals surface area contributed by atoms with Crippen molar-refractivity contribution in [2.45, 2.75) is 315 Å². The molecule has 466 valence electrons. The molecule has 9 nitrogen and oxygen atoms in total. The Balaban J connectivity index is 4.06. The zero-order valence-electron chi connectivity index (χ0n) is 53.0. The van der Waals surface area contributed by atoms with Crippen molar-refractivity contribution in [1.82, 2.24) is 0 Å². The van der Waals surface area contributed by atoms with E-state index in [2.05, 4.69) is 86.8 Å². The lowest BCUT2D eigenvalue weighted by Gasteiger charge is -2.28. The molecule has 0 aliphatic heterocycles. The van der Waals surface area contributed by atoms with Crippen molar-refractivity contribution in [1.29, 1.82) is 0 Å². The zero-order valence-corrected chi connectivity index (χ0v) is 53.9. The lowest BCUT2D eigenvalue weighted by molar-refractivity contribution is -0.870. The normalized spacial score (nSPS) is 13.6. The molecular weight excluding hydrogens is 1010 g/mol. The van der Waals surface area contributed by atoms with Crippen LogP contribution in [-0.4, -0.2) is 70.0 Å². The van der Waals surface area contributed by atoms with Crippen LogP contribution in [0.25, 0.3) is 0 Å². The molecule has 0 aliphatic carbocycles. The van der Waals surface area contributed by atoms with Gasteiger partial charge in [-0.3, -0.25) is 14.2 Å². The number of phosphoric acid groups is 1. The van der Waals surface area contributed by atoms with Gasteiger partial charge in [-0.25, -0.2) is 0 Å². The Morgan fingerprint density at radius 3 is 1.07 bits per heavy atom. The van der Waals surface area contributed by atoms with Gasteiger partial charge in [0, 0.05) is 12.8 Å². The molecule has 0 heterocycles. The molecule has 0 aromatic rings. The molecule has 0 N–H and O–H groups in total. The number of quaternary nitrogens is 1. The number of phosphoric ester groups is 1. The molecular formula is C70H128NO8P. The van der Waals surface area contributed by atoms with Crippen molar-refractivity contribution in [2.75, 3.05) is 47.5 Å². The molecule has 0 saturated heterocycles. The molecule has 80 heavy (non-hydrogen) atoms. The fourth-order valence-electron chi connectivity index (χ4n) is 9.56. The summed E-state index contributed by atoms with van der Waals surface area (Å²) in [5.74, 6) is -0.822. The molecule has 0 amide bonds. The number of esters is 2. The van der Waals surface area contributed by atoms with Gasteiger partial charge in [0.25, 0.3) is 7.82 Å². The second-order valence-electron chi connectivity index (χ2n) is 23.8. The van der Waals surface area contributed by atoms with Crippen molar-refractivity contribution >= 4 is 19.8 Å². The third kappa shape index (κ3) is 64.6. The van der Waals surface area contributed by atoms with Crippen LogP contribution in [0.15, 0.2) is 72.9 Å². The molecule has 0 rings (SSSR count). The van der Waals surface area contributed by atoms with Gasteiger partial charge in [0.1, 0.15) is 19.8 Å². The zero-order chi connectivity index (χ0) is 58.4. The summed E-state index contributed by atoms with van der Waals surface area (Å²) in [6, 6.07) is 0. The molecule has 0 aromatic carbocycles. The average Bonchev–Trinajstić information content (AvgIpc) is 3.42. The van der Waals surface area contributed by atoms with Gasteiger partial charge in [0.15, 0.2) is 6.10 Å². The Hall–Kier alpha value is -2.55. The fraction of sp³-hybridized carbons (Fsp3) is 0.800. The van der Waals surface area contributed by atoms with Crippen molar-refractivity contribution in [3.05, 3.63) is 72.9 Å². The monoisotopic (exact) mass is 1140 g/mol. The first-order valence-corrected chi connectivity index (χ1v) is 35.1. The van der Waals surface area contributed by atoms with E-state index >= 15 is 0 Å². The highest BCUT2D eigenvalue weighted by Crippen LogP contribution is 2.38. The van der Waals surface area contributed by atoms with E-state index in [4.69, 9.17) is 18.5 Å². The molecule has 2 unspecified atom stereocenters. The summed E-state index contributed by atoms with van der Waals surface area (Å²) < 4.78 is 34.3. The predicted molar refractivity (Wildman–Crippen MR) is 342 cm³/mol. The van der Waals surface area contributed by atoms with E-state index in [0.29, 0.717) is 17.4 Å². The molecule has 0 spiro atoms. The van der Waals surface area contributed by atoms with Crippen molar-refractivity contribution in [2.24, 2.45) is 0 Å². The maximum absolute atomic E-state index is 12.9. The van der Waals surface area contributed by atoms with E-state index in [1.807, 2.05) is 21.1 Å². The van der Waals surface area contributed by atoms with Crippen molar-refractivity contribution < 1.29 is 42.1 Å². The number of carbonyl (C=O) groups is 2. The van der Waals surface area contributed by atoms with Crippen LogP contribution in [-0.2, 0) is 32.7 Å². The number of carbonyl (C=O) groups excluding carboxylic acids is 2. The Morgan fingerprint density at radius 2 is 0.713 bits per heavy atom. The van der Waals surface area contributed by atoms with E-state index in [1.54, 1.807) is 0 Å². The molecule has 0 aromatic heterocycles. The molecule has 10 heteroatoms. The van der Waals surface area contributed by atoms with E-state index in [-0.39, 0.29) is 32.0 Å². The first-order chi connectivity index (χ1) is 39.0. The smallest absolute Gasteiger partial charge is 0.306 e. The Labute approximate surface area is 495 Å². The molecule has 0 bridgehead atoms. The Morgan fingerprint density at radius 1 is 0.400 bits per heavy atom. The SMILES string of the molecule is CC/C=C\C/C=C\C/C=C\C/C=C\C/C=C\CCCCCCCCCCCCCCCCCC(=O)OC(COC(=O)CCCCCCCCCCCCCCC/C=C\CCCCCCCCCC)COP(=O)([O-])OCC[N+](C)(C)C. The number of likely N-dealkylation sites (N-methyl/N-ethyl adjacent to an activating group) is 1. The van der Waals surface area contributed by atoms with Crippen LogP contribution < -0.4 is 4.89 Å². The maximum atomic E-state index is 12.9. The number of nitrogens with zero attached hydrogens (tertiary/aromatic N) is 1. The highest BCUT2D eigenvalue weighted by molar-refractivity contribution is 7.45. The topological polar surface area (TPSA) is 111 Å². The van der Waals surface area contributed by atoms with Crippen LogP contribution in [0.3, 0.4) is 0 Å². The first-order valence-electron chi connectivity index (χ1n) is 33.6. The molecule has 0 aliphatic rings. The quantitative estimate of drug-likeness (QED) is 0.0195. The lowest BCUT2D eigenvalue weighted by atomic mass is 10.0. The second-order valence-corrected chi connectivity index (χ2v) is 25.2. The fourth-order valence-corrected chi connectivity index (χ4v) is 10.3. The van der Waals surface area contributed by atoms with E-state index in [0.717, 1.165) is 70.6 Å². The number of ether oxygens (including phenoxy) is 2. The molecule has 2 atom stereocenters. The highest BCUT2D eigenvalue weighted by atomic mass is 31.2. The number of hydrogen-bond acceptors (Lipinski definition) is 8. The summed E-state index contributed by atoms with van der Waals surface area (Å²) in [6.45, 7) is 4.17. The van der Waals surface area contributed by atoms with Gasteiger partial charge in [-0.2, -0.15) is 0 Å². The summed E-state index contributed by atoms with van der Waals surface area (Å²) >= 11 is 0. The van der Waals surface area contributed by atoms with Gasteiger partial charge in [0.2, 0.25) is 0 Å². The highest BCUT2D eigenvalue weighted by Gasteiger charge is 2.22. The Kier molecular flexibility index (Phi) is 59.1. The average molecular weight is 1140 g/mol. The van der Waals surface area contributed by atoms with Crippen LogP contribution in [0.2, 0.25) is 0 Å². The number of allylic oxidation sites excluding steroid dienone is 12. The molecule has 0 saturated carbocycles. The van der Waals surface area contributed by atoms with Crippen LogP contribution in [0.5, 0.6) is 0 Å². The van der Waals surface area contributed by atoms with Crippen LogP contribution in [0.4, 0.5) is 0 Å². The van der Waals surface area contributed by atoms with E-state index in [9.17, 15) is 19.0 Å². The summed E-state index contributed by atoms with van der Waals surface area (Å²) in [4.78, 5) is 38.0. The van der Waals surface area contributed by atoms with Crippen molar-refractivity contribution in [3.8, 4) is 0 Å². The second kappa shape index (κ2) is 61.0. The van der Waals surface area contributed by atoms with Gasteiger partial charge in [-0.15, -0.1) is 0 Å². The predicted octanol–water partition coefficient (Wildman–Crippen LogP) is 21.0. The summed E-state index contributed by atoms with van der Waals surface area (Å²) in [6.07, 6.45) is 81.1. The van der Waals surface area contributed by atoms with Crippen LogP contribution in [0.1, 0.15) is 309 Å². The number of hydrogen-bond donors (Lipinski definition) is 0. The lowest BCUT2D eigenvalue weighted by Crippen LogP contribution is -2.37. The first kappa shape index (κ1) is 77.5. The summed E-state index contributed by atoms with van der Waals surface area (Å²) in [7, 11) is 1.17. The Bertz CT molecular complexity index is 1580. The third-order valence-corrected chi connectivity index (χ3v) is 15.7. The van der Waals surface area contributed by atoms with E-state index in [1.165, 1.54) is 205 Å². The number of unbranched alkanes of at least 4 members (excludes halogenated alkanes) is 36. The summed E-state index contributed by atoms with van der Waals surface area (Å²) in [5, 5.41) is 0. The molecule has 0 fully saturated rings. The van der Waals surface area contributed by atoms with Crippen LogP contribution >= 0.6 is 7.82 Å². The number of rotatable bonds is 62. The van der Waals surface area contributed by atoms with Gasteiger partial charge >= 0.3 is 11.9 Å². The van der Waals surface area contributed by atoms with Gasteiger partial charge in [-0.1, -0.05) is 286 Å². The van der Waals surface area contributed by atoms with Crippen LogP contribution in [0, 0.1) is 0 Å². The van der Waals surface area contributed by atoms with Gasteiger partial charge < -0.3 is 27.9 Å². The molecule has 0 radical (unpaired) electrons. The minimum Gasteiger partial charge on any atom is -0.756 e.